The molecule has 0 amide bonds. The van der Waals surface area contributed by atoms with E-state index in [1.807, 2.05) is 24.3 Å². The van der Waals surface area contributed by atoms with E-state index in [1.54, 1.807) is 6.20 Å². The van der Waals surface area contributed by atoms with Crippen LogP contribution < -0.4 is 4.74 Å². The summed E-state index contributed by atoms with van der Waals surface area (Å²) in [6, 6.07) is 7.80. The number of aromatic nitrogens is 1. The summed E-state index contributed by atoms with van der Waals surface area (Å²) in [5.74, 6) is 0.703. The van der Waals surface area contributed by atoms with Crippen molar-refractivity contribution < 1.29 is 4.74 Å². The van der Waals surface area contributed by atoms with Crippen LogP contribution in [0.5, 0.6) is 5.88 Å². The number of piperidine rings is 1. The Kier molecular flexibility index (Phi) is 3.58. The monoisotopic (exact) mass is 276 g/mol. The van der Waals surface area contributed by atoms with Crippen molar-refractivity contribution in [2.45, 2.75) is 18.9 Å². The fourth-order valence-electron chi connectivity index (χ4n) is 2.47. The summed E-state index contributed by atoms with van der Waals surface area (Å²) in [5, 5.41) is 2.82. The predicted molar refractivity (Wildman–Crippen MR) is 77.9 cm³/mol. The van der Waals surface area contributed by atoms with Crippen LogP contribution in [0.15, 0.2) is 30.5 Å². The van der Waals surface area contributed by atoms with Crippen molar-refractivity contribution in [2.75, 3.05) is 20.1 Å². The van der Waals surface area contributed by atoms with Gasteiger partial charge in [-0.3, -0.25) is 0 Å². The van der Waals surface area contributed by atoms with Gasteiger partial charge in [0, 0.05) is 29.7 Å². The van der Waals surface area contributed by atoms with E-state index in [0.29, 0.717) is 10.9 Å². The molecule has 1 saturated heterocycles. The van der Waals surface area contributed by atoms with Gasteiger partial charge in [-0.2, -0.15) is 0 Å². The number of nitrogens with zero attached hydrogens (tertiary/aromatic N) is 2. The first-order valence-electron chi connectivity index (χ1n) is 6.62. The summed E-state index contributed by atoms with van der Waals surface area (Å²) in [6.07, 6.45) is 4.15. The number of fused-ring (bicyclic) bond motifs is 1. The second kappa shape index (κ2) is 5.35. The lowest BCUT2D eigenvalue weighted by Crippen LogP contribution is -2.35. The fourth-order valence-corrected chi connectivity index (χ4v) is 2.64. The third kappa shape index (κ3) is 2.82. The summed E-state index contributed by atoms with van der Waals surface area (Å²) in [7, 11) is 2.14. The van der Waals surface area contributed by atoms with Crippen LogP contribution in [-0.2, 0) is 0 Å². The Morgan fingerprint density at radius 1 is 1.26 bits per heavy atom. The molecule has 0 radical (unpaired) electrons. The van der Waals surface area contributed by atoms with Gasteiger partial charge in [-0.1, -0.05) is 17.7 Å². The average molecular weight is 277 g/mol. The molecular formula is C15H17ClN2O. The molecule has 0 aliphatic carbocycles. The molecule has 0 bridgehead atoms. The van der Waals surface area contributed by atoms with Gasteiger partial charge < -0.3 is 9.64 Å². The largest absolute Gasteiger partial charge is 0.474 e. The molecular weight excluding hydrogens is 260 g/mol. The Balaban J connectivity index is 1.86. The number of ether oxygens (including phenoxy) is 1. The lowest BCUT2D eigenvalue weighted by Gasteiger charge is -2.29. The van der Waals surface area contributed by atoms with E-state index in [-0.39, 0.29) is 6.10 Å². The van der Waals surface area contributed by atoms with Gasteiger partial charge in [-0.15, -0.1) is 0 Å². The standard InChI is InChI=1S/C15H17ClN2O/c1-18-8-5-13(6-9-18)19-15-14-10-12(16)3-2-11(14)4-7-17-15/h2-4,7,10,13H,5-6,8-9H2,1H3. The van der Waals surface area contributed by atoms with Crippen molar-refractivity contribution in [3.05, 3.63) is 35.5 Å². The Bertz CT molecular complexity index is 579. The molecule has 2 aromatic rings. The number of rotatable bonds is 2. The molecule has 0 spiro atoms. The highest BCUT2D eigenvalue weighted by Gasteiger charge is 2.19. The van der Waals surface area contributed by atoms with Gasteiger partial charge in [0.2, 0.25) is 5.88 Å². The van der Waals surface area contributed by atoms with Crippen LogP contribution in [0.2, 0.25) is 5.02 Å². The van der Waals surface area contributed by atoms with Crippen LogP contribution in [0, 0.1) is 0 Å². The van der Waals surface area contributed by atoms with E-state index < -0.39 is 0 Å². The second-order valence-corrected chi connectivity index (χ2v) is 5.54. The number of halogens is 1. The Morgan fingerprint density at radius 3 is 2.84 bits per heavy atom. The Hall–Kier alpha value is -1.32. The third-order valence-corrected chi connectivity index (χ3v) is 3.87. The number of hydrogen-bond donors (Lipinski definition) is 0. The maximum atomic E-state index is 6.08. The van der Waals surface area contributed by atoms with Gasteiger partial charge in [0.05, 0.1) is 0 Å². The molecule has 0 atom stereocenters. The molecule has 1 fully saturated rings. The predicted octanol–water partition coefficient (Wildman–Crippen LogP) is 3.36. The number of pyridine rings is 1. The summed E-state index contributed by atoms with van der Waals surface area (Å²) in [6.45, 7) is 2.16. The quantitative estimate of drug-likeness (QED) is 0.841. The maximum Gasteiger partial charge on any atom is 0.221 e. The fraction of sp³-hybridized carbons (Fsp3) is 0.400. The molecule has 2 heterocycles. The molecule has 100 valence electrons. The highest BCUT2D eigenvalue weighted by molar-refractivity contribution is 6.31. The van der Waals surface area contributed by atoms with Crippen LogP contribution in [0.4, 0.5) is 0 Å². The summed E-state index contributed by atoms with van der Waals surface area (Å²) >= 11 is 6.06. The van der Waals surface area contributed by atoms with E-state index in [2.05, 4.69) is 16.9 Å². The molecule has 0 N–H and O–H groups in total. The second-order valence-electron chi connectivity index (χ2n) is 5.10. The topological polar surface area (TPSA) is 25.4 Å². The van der Waals surface area contributed by atoms with E-state index in [0.717, 1.165) is 36.7 Å². The van der Waals surface area contributed by atoms with Crippen molar-refractivity contribution in [2.24, 2.45) is 0 Å². The summed E-state index contributed by atoms with van der Waals surface area (Å²) < 4.78 is 6.08. The van der Waals surface area contributed by atoms with Crippen LogP contribution in [0.3, 0.4) is 0 Å². The van der Waals surface area contributed by atoms with Crippen molar-refractivity contribution >= 4 is 22.4 Å². The summed E-state index contributed by atoms with van der Waals surface area (Å²) in [4.78, 5) is 6.69. The normalized spacial score (nSPS) is 17.8. The Labute approximate surface area is 118 Å². The SMILES string of the molecule is CN1CCC(Oc2nccc3ccc(Cl)cc23)CC1. The van der Waals surface area contributed by atoms with E-state index in [4.69, 9.17) is 16.3 Å². The summed E-state index contributed by atoms with van der Waals surface area (Å²) in [5.41, 5.74) is 0. The Morgan fingerprint density at radius 2 is 2.05 bits per heavy atom. The molecule has 1 aromatic carbocycles. The molecule has 19 heavy (non-hydrogen) atoms. The van der Waals surface area contributed by atoms with Crippen molar-refractivity contribution in [1.82, 2.24) is 9.88 Å². The van der Waals surface area contributed by atoms with Gasteiger partial charge in [-0.25, -0.2) is 4.98 Å². The molecule has 3 nitrogen and oxygen atoms in total. The first kappa shape index (κ1) is 12.7. The number of likely N-dealkylation sites (tertiary alicyclic amines) is 1. The zero-order valence-corrected chi connectivity index (χ0v) is 11.7. The third-order valence-electron chi connectivity index (χ3n) is 3.64. The zero-order chi connectivity index (χ0) is 13.2. The van der Waals surface area contributed by atoms with Crippen LogP contribution in [0.25, 0.3) is 10.8 Å². The van der Waals surface area contributed by atoms with Gasteiger partial charge >= 0.3 is 0 Å². The minimum absolute atomic E-state index is 0.258. The number of benzene rings is 1. The molecule has 4 heteroatoms. The number of hydrogen-bond acceptors (Lipinski definition) is 3. The first-order valence-corrected chi connectivity index (χ1v) is 6.99. The van der Waals surface area contributed by atoms with Gasteiger partial charge in [0.25, 0.3) is 0 Å². The smallest absolute Gasteiger partial charge is 0.221 e. The lowest BCUT2D eigenvalue weighted by molar-refractivity contribution is 0.111. The van der Waals surface area contributed by atoms with Crippen molar-refractivity contribution in [3.63, 3.8) is 0 Å². The van der Waals surface area contributed by atoms with Gasteiger partial charge in [0.1, 0.15) is 6.10 Å². The molecule has 3 rings (SSSR count). The van der Waals surface area contributed by atoms with Crippen LogP contribution >= 0.6 is 11.6 Å². The molecule has 0 saturated carbocycles. The molecule has 1 aliphatic heterocycles. The average Bonchev–Trinajstić information content (AvgIpc) is 2.42. The lowest BCUT2D eigenvalue weighted by atomic mass is 10.1. The van der Waals surface area contributed by atoms with Crippen LogP contribution in [-0.4, -0.2) is 36.1 Å². The van der Waals surface area contributed by atoms with Crippen molar-refractivity contribution in [3.8, 4) is 5.88 Å². The van der Waals surface area contributed by atoms with E-state index >= 15 is 0 Å². The highest BCUT2D eigenvalue weighted by Crippen LogP contribution is 2.28. The zero-order valence-electron chi connectivity index (χ0n) is 11.0. The molecule has 1 aromatic heterocycles. The van der Waals surface area contributed by atoms with Crippen molar-refractivity contribution in [1.29, 1.82) is 0 Å². The minimum Gasteiger partial charge on any atom is -0.474 e. The van der Waals surface area contributed by atoms with E-state index in [1.165, 1.54) is 0 Å². The highest BCUT2D eigenvalue weighted by atomic mass is 35.5. The molecule has 0 unspecified atom stereocenters. The first-order chi connectivity index (χ1) is 9.22. The minimum atomic E-state index is 0.258. The van der Waals surface area contributed by atoms with E-state index in [9.17, 15) is 0 Å². The maximum absolute atomic E-state index is 6.08. The van der Waals surface area contributed by atoms with Gasteiger partial charge in [0.15, 0.2) is 0 Å². The van der Waals surface area contributed by atoms with Gasteiger partial charge in [-0.05, 0) is 43.5 Å². The van der Waals surface area contributed by atoms with Crippen LogP contribution in [0.1, 0.15) is 12.8 Å². The molecule has 1 aliphatic rings.